The largest absolute Gasteiger partial charge is 0.478 e. The molecule has 21 heavy (non-hydrogen) atoms. The molecule has 8 heteroatoms. The van der Waals surface area contributed by atoms with Crippen molar-refractivity contribution in [3.63, 3.8) is 0 Å². The Bertz CT molecular complexity index is 529. The Morgan fingerprint density at radius 2 is 1.86 bits per heavy atom. The van der Waals surface area contributed by atoms with Crippen LogP contribution in [0.4, 0.5) is 18.9 Å². The van der Waals surface area contributed by atoms with Crippen molar-refractivity contribution in [3.8, 4) is 0 Å². The molecule has 0 aromatic heterocycles. The van der Waals surface area contributed by atoms with Crippen molar-refractivity contribution in [2.45, 2.75) is 6.18 Å². The van der Waals surface area contributed by atoms with Gasteiger partial charge in [-0.25, -0.2) is 4.79 Å². The molecular weight excluding hydrogens is 353 g/mol. The zero-order valence-electron chi connectivity index (χ0n) is 11.0. The van der Waals surface area contributed by atoms with Crippen molar-refractivity contribution in [2.75, 3.05) is 37.6 Å². The fourth-order valence-electron chi connectivity index (χ4n) is 2.36. The van der Waals surface area contributed by atoms with E-state index in [1.54, 1.807) is 12.1 Å². The number of hydrogen-bond donors (Lipinski definition) is 1. The number of aromatic carboxylic acids is 1. The molecule has 0 atom stereocenters. The molecule has 1 aromatic rings. The van der Waals surface area contributed by atoms with Gasteiger partial charge in [0.1, 0.15) is 0 Å². The van der Waals surface area contributed by atoms with Crippen LogP contribution < -0.4 is 4.90 Å². The van der Waals surface area contributed by atoms with Crippen molar-refractivity contribution >= 4 is 27.6 Å². The number of halogens is 4. The summed E-state index contributed by atoms with van der Waals surface area (Å²) in [5, 5.41) is 9.22. The summed E-state index contributed by atoms with van der Waals surface area (Å²) in [6.45, 7) is 0.340. The number of carboxylic acid groups (broad SMARTS) is 1. The minimum atomic E-state index is -4.20. The summed E-state index contributed by atoms with van der Waals surface area (Å²) >= 11 is 3.22. The second-order valence-electron chi connectivity index (χ2n) is 4.84. The molecule has 1 saturated heterocycles. The van der Waals surface area contributed by atoms with Crippen LogP contribution in [0, 0.1) is 0 Å². The van der Waals surface area contributed by atoms with Gasteiger partial charge in [-0.2, -0.15) is 13.2 Å². The summed E-state index contributed by atoms with van der Waals surface area (Å²) < 4.78 is 37.7. The normalized spacial score (nSPS) is 17.0. The highest BCUT2D eigenvalue weighted by molar-refractivity contribution is 9.10. The van der Waals surface area contributed by atoms with Crippen LogP contribution in [-0.2, 0) is 0 Å². The molecule has 0 radical (unpaired) electrons. The van der Waals surface area contributed by atoms with Crippen molar-refractivity contribution < 1.29 is 23.1 Å². The van der Waals surface area contributed by atoms with Crippen LogP contribution in [0.15, 0.2) is 22.7 Å². The lowest BCUT2D eigenvalue weighted by Gasteiger charge is -2.36. The molecule has 0 amide bonds. The minimum Gasteiger partial charge on any atom is -0.478 e. The number of alkyl halides is 3. The summed E-state index contributed by atoms with van der Waals surface area (Å²) in [4.78, 5) is 14.4. The molecule has 0 unspecified atom stereocenters. The number of carboxylic acids is 1. The van der Waals surface area contributed by atoms with Crippen molar-refractivity contribution in [1.82, 2.24) is 4.90 Å². The Morgan fingerprint density at radius 1 is 1.24 bits per heavy atom. The number of benzene rings is 1. The van der Waals surface area contributed by atoms with Gasteiger partial charge in [-0.05, 0) is 18.2 Å². The van der Waals surface area contributed by atoms with Gasteiger partial charge in [0.05, 0.1) is 17.8 Å². The average Bonchev–Trinajstić information content (AvgIpc) is 2.38. The molecule has 1 N–H and O–H groups in total. The summed E-state index contributed by atoms with van der Waals surface area (Å²) in [5.74, 6) is -1.05. The molecule has 116 valence electrons. The van der Waals surface area contributed by atoms with Crippen LogP contribution in [0.5, 0.6) is 0 Å². The third-order valence-electron chi connectivity index (χ3n) is 3.30. The molecule has 1 aliphatic rings. The molecule has 0 saturated carbocycles. The fourth-order valence-corrected chi connectivity index (χ4v) is 2.72. The quantitative estimate of drug-likeness (QED) is 0.893. The van der Waals surface area contributed by atoms with Gasteiger partial charge in [0.25, 0.3) is 0 Å². The van der Waals surface area contributed by atoms with E-state index in [0.29, 0.717) is 23.2 Å². The van der Waals surface area contributed by atoms with Crippen LogP contribution in [0.25, 0.3) is 0 Å². The number of carbonyl (C=O) groups is 1. The third kappa shape index (κ3) is 4.34. The Hall–Kier alpha value is -1.28. The van der Waals surface area contributed by atoms with E-state index < -0.39 is 18.7 Å². The highest BCUT2D eigenvalue weighted by atomic mass is 79.9. The smallest absolute Gasteiger partial charge is 0.401 e. The second kappa shape index (κ2) is 6.23. The lowest BCUT2D eigenvalue weighted by Crippen LogP contribution is -2.49. The number of piperazine rings is 1. The number of nitrogens with zero attached hydrogens (tertiary/aromatic N) is 2. The minimum absolute atomic E-state index is 0.147. The van der Waals surface area contributed by atoms with Gasteiger partial charge in [-0.3, -0.25) is 4.90 Å². The van der Waals surface area contributed by atoms with E-state index in [4.69, 9.17) is 0 Å². The molecule has 2 rings (SSSR count). The van der Waals surface area contributed by atoms with E-state index >= 15 is 0 Å². The first-order chi connectivity index (χ1) is 9.76. The summed E-state index contributed by atoms with van der Waals surface area (Å²) in [6.07, 6.45) is -4.20. The van der Waals surface area contributed by atoms with Crippen molar-refractivity contribution in [3.05, 3.63) is 28.2 Å². The zero-order valence-corrected chi connectivity index (χ0v) is 12.6. The van der Waals surface area contributed by atoms with E-state index in [2.05, 4.69) is 15.9 Å². The summed E-state index contributed by atoms with van der Waals surface area (Å²) in [6, 6.07) is 4.90. The van der Waals surface area contributed by atoms with E-state index in [-0.39, 0.29) is 18.7 Å². The molecule has 0 aliphatic carbocycles. The van der Waals surface area contributed by atoms with Gasteiger partial charge in [-0.1, -0.05) is 15.9 Å². The Labute approximate surface area is 128 Å². The molecule has 1 aromatic carbocycles. The van der Waals surface area contributed by atoms with E-state index in [1.807, 2.05) is 4.90 Å². The van der Waals surface area contributed by atoms with E-state index in [0.717, 1.165) is 0 Å². The first-order valence-corrected chi connectivity index (χ1v) is 7.12. The number of rotatable bonds is 3. The lowest BCUT2D eigenvalue weighted by atomic mass is 10.1. The van der Waals surface area contributed by atoms with Gasteiger partial charge < -0.3 is 10.0 Å². The Kier molecular flexibility index (Phi) is 4.77. The van der Waals surface area contributed by atoms with Crippen LogP contribution in [0.2, 0.25) is 0 Å². The maximum absolute atomic E-state index is 12.3. The summed E-state index contributed by atoms with van der Waals surface area (Å²) in [7, 11) is 0. The molecule has 0 spiro atoms. The molecule has 1 aliphatic heterocycles. The standard InChI is InChI=1S/C13H14BrF3N2O2/c14-9-1-2-11(10(7-9)12(20)21)19-5-3-18(4-6-19)8-13(15,16)17/h1-2,7H,3-6,8H2,(H,20,21). The number of hydrogen-bond acceptors (Lipinski definition) is 3. The van der Waals surface area contributed by atoms with Crippen LogP contribution in [-0.4, -0.2) is 54.9 Å². The zero-order chi connectivity index (χ0) is 15.6. The Balaban J connectivity index is 2.07. The Morgan fingerprint density at radius 3 is 2.38 bits per heavy atom. The van der Waals surface area contributed by atoms with Gasteiger partial charge in [0.15, 0.2) is 0 Å². The fraction of sp³-hybridized carbons (Fsp3) is 0.462. The first-order valence-electron chi connectivity index (χ1n) is 6.33. The van der Waals surface area contributed by atoms with Gasteiger partial charge in [0.2, 0.25) is 0 Å². The molecule has 1 heterocycles. The van der Waals surface area contributed by atoms with Crippen LogP contribution >= 0.6 is 15.9 Å². The number of anilines is 1. The average molecular weight is 367 g/mol. The van der Waals surface area contributed by atoms with E-state index in [9.17, 15) is 23.1 Å². The topological polar surface area (TPSA) is 43.8 Å². The first kappa shape index (κ1) is 16.1. The molecule has 4 nitrogen and oxygen atoms in total. The van der Waals surface area contributed by atoms with Crippen molar-refractivity contribution in [1.29, 1.82) is 0 Å². The lowest BCUT2D eigenvalue weighted by molar-refractivity contribution is -0.146. The van der Waals surface area contributed by atoms with Crippen LogP contribution in [0.3, 0.4) is 0 Å². The maximum Gasteiger partial charge on any atom is 0.401 e. The summed E-state index contributed by atoms with van der Waals surface area (Å²) in [5.41, 5.74) is 0.686. The van der Waals surface area contributed by atoms with Gasteiger partial charge in [0, 0.05) is 30.7 Å². The van der Waals surface area contributed by atoms with Crippen molar-refractivity contribution in [2.24, 2.45) is 0 Å². The third-order valence-corrected chi connectivity index (χ3v) is 3.80. The SMILES string of the molecule is O=C(O)c1cc(Br)ccc1N1CCN(CC(F)(F)F)CC1. The molecule has 0 bridgehead atoms. The van der Waals surface area contributed by atoms with E-state index in [1.165, 1.54) is 11.0 Å². The predicted octanol–water partition coefficient (Wildman–Crippen LogP) is 2.83. The maximum atomic E-state index is 12.3. The molecule has 1 fully saturated rings. The molecular formula is C13H14BrF3N2O2. The monoisotopic (exact) mass is 366 g/mol. The predicted molar refractivity (Wildman–Crippen MR) is 75.8 cm³/mol. The second-order valence-corrected chi connectivity index (χ2v) is 5.76. The highest BCUT2D eigenvalue weighted by Crippen LogP contribution is 2.26. The highest BCUT2D eigenvalue weighted by Gasteiger charge is 2.32. The van der Waals surface area contributed by atoms with Crippen LogP contribution in [0.1, 0.15) is 10.4 Å². The van der Waals surface area contributed by atoms with Gasteiger partial charge in [-0.15, -0.1) is 0 Å². The van der Waals surface area contributed by atoms with Gasteiger partial charge >= 0.3 is 12.1 Å².